The summed E-state index contributed by atoms with van der Waals surface area (Å²) in [6.45, 7) is 0.357. The monoisotopic (exact) mass is 1000 g/mol. The molecule has 0 N–H and O–H groups in total. The van der Waals surface area contributed by atoms with E-state index in [0.717, 1.165) is 20.8 Å². The molecule has 24 heteroatoms. The van der Waals surface area contributed by atoms with Gasteiger partial charge in [0.1, 0.15) is 52.7 Å². The predicted molar refractivity (Wildman–Crippen MR) is 192 cm³/mol. The van der Waals surface area contributed by atoms with Crippen molar-refractivity contribution in [3.8, 4) is 0 Å². The fourth-order valence-corrected chi connectivity index (χ4v) is 7.44. The number of halogens is 21. The molecule has 1 heterocycles. The zero-order valence-corrected chi connectivity index (χ0v) is 32.5. The fraction of sp³-hybridized carbons (Fsp3) is 0.0244. The molecule has 0 atom stereocenters. The van der Waals surface area contributed by atoms with E-state index in [0.29, 0.717) is 6.54 Å². The molecule has 7 rings (SSSR count). The topological polar surface area (TPSA) is 20.9 Å². The van der Waals surface area contributed by atoms with E-state index in [4.69, 9.17) is 0 Å². The van der Waals surface area contributed by atoms with Crippen LogP contribution in [0.2, 0.25) is 0 Å². The van der Waals surface area contributed by atoms with E-state index >= 15 is 35.1 Å². The van der Waals surface area contributed by atoms with Crippen molar-refractivity contribution < 1.29 is 97.2 Å². The highest BCUT2D eigenvalue weighted by atomic mass is 79.9. The van der Waals surface area contributed by atoms with Crippen LogP contribution in [0.25, 0.3) is 10.8 Å². The van der Waals surface area contributed by atoms with Gasteiger partial charge in [0.2, 0.25) is 12.3 Å². The number of carbonyl (C=O) groups is 1. The third kappa shape index (κ3) is 7.73. The Balaban J connectivity index is 0.000000289. The predicted octanol–water partition coefficient (Wildman–Crippen LogP) is 9.62. The molecule has 65 heavy (non-hydrogen) atoms. The van der Waals surface area contributed by atoms with Crippen LogP contribution in [0.15, 0.2) is 71.5 Å². The smallest absolute Gasteiger partial charge is 0.227 e. The van der Waals surface area contributed by atoms with Gasteiger partial charge in [-0.05, 0) is 23.6 Å². The number of hydrogen-bond donors (Lipinski definition) is 0. The Morgan fingerprint density at radius 2 is 0.708 bits per heavy atom. The molecule has 0 bridgehead atoms. The van der Waals surface area contributed by atoms with Crippen LogP contribution < -0.4 is 26.4 Å². The van der Waals surface area contributed by atoms with Crippen LogP contribution >= 0.6 is 15.9 Å². The lowest BCUT2D eigenvalue weighted by atomic mass is 9.12. The molecule has 2 nitrogen and oxygen atoms in total. The summed E-state index contributed by atoms with van der Waals surface area (Å²) in [5, 5.41) is 2.28. The van der Waals surface area contributed by atoms with Crippen molar-refractivity contribution in [1.82, 2.24) is 0 Å². The summed E-state index contributed by atoms with van der Waals surface area (Å²) in [4.78, 5) is 12.2. The van der Waals surface area contributed by atoms with Crippen LogP contribution in [0.4, 0.5) is 87.8 Å². The lowest BCUT2D eigenvalue weighted by Gasteiger charge is -2.44. The van der Waals surface area contributed by atoms with E-state index in [-0.39, 0.29) is 5.78 Å². The third-order valence-corrected chi connectivity index (χ3v) is 10.4. The van der Waals surface area contributed by atoms with Gasteiger partial charge in [0.15, 0.2) is 82.2 Å². The van der Waals surface area contributed by atoms with E-state index in [2.05, 4.69) is 22.0 Å². The normalized spacial score (nSPS) is 11.6. The highest BCUT2D eigenvalue weighted by Gasteiger charge is 2.52. The minimum Gasteiger partial charge on any atom is -0.287 e. The molecule has 0 unspecified atom stereocenters. The number of fused-ring (bicyclic) bond motifs is 1. The number of benzene rings is 6. The molecule has 0 radical (unpaired) electrons. The summed E-state index contributed by atoms with van der Waals surface area (Å²) < 4.78 is 297. The first kappa shape index (κ1) is 48.0. The van der Waals surface area contributed by atoms with Gasteiger partial charge in [-0.15, -0.1) is 21.9 Å². The average Bonchev–Trinajstić information content (AvgIpc) is 3.29. The quantitative estimate of drug-likeness (QED) is 0.0390. The Hall–Kier alpha value is -6.46. The van der Waals surface area contributed by atoms with Crippen LogP contribution in [0.5, 0.6) is 0 Å². The van der Waals surface area contributed by atoms with Gasteiger partial charge in [-0.1, -0.05) is 46.3 Å². The van der Waals surface area contributed by atoms with Crippen molar-refractivity contribution in [2.45, 2.75) is 6.54 Å². The molecule has 0 fully saturated rings. The maximum atomic E-state index is 15.4. The molecule has 0 aliphatic carbocycles. The summed E-state index contributed by atoms with van der Waals surface area (Å²) in [5.74, 6) is -71.3. The van der Waals surface area contributed by atoms with Gasteiger partial charge in [0.05, 0.1) is 0 Å². The van der Waals surface area contributed by atoms with E-state index < -0.39 is 144 Å². The molecule has 338 valence electrons. The highest BCUT2D eigenvalue weighted by Crippen LogP contribution is 2.31. The Morgan fingerprint density at radius 3 is 1.03 bits per heavy atom. The highest BCUT2D eigenvalue weighted by molar-refractivity contribution is 9.10. The number of rotatable bonds is 7. The number of Topliss-reactive ketones (excluding diaryl/α,β-unsaturated/α-hetero) is 1. The first-order chi connectivity index (χ1) is 30.4. The maximum absolute atomic E-state index is 15.4. The van der Waals surface area contributed by atoms with Crippen LogP contribution in [0.1, 0.15) is 10.4 Å². The van der Waals surface area contributed by atoms with Crippen LogP contribution in [0.3, 0.4) is 0 Å². The summed E-state index contributed by atoms with van der Waals surface area (Å²) in [5.41, 5.74) is -13.6. The molecule has 0 spiro atoms. The maximum Gasteiger partial charge on any atom is 0.227 e. The van der Waals surface area contributed by atoms with Gasteiger partial charge in [-0.2, -0.15) is 4.57 Å². The Morgan fingerprint density at radius 1 is 0.400 bits per heavy atom. The first-order valence-electron chi connectivity index (χ1n) is 17.3. The molecule has 0 aliphatic heterocycles. The number of carbonyl (C=O) groups excluding carboxylic acids is 1. The van der Waals surface area contributed by atoms with Gasteiger partial charge in [0, 0.05) is 21.5 Å². The molecule has 0 saturated carbocycles. The van der Waals surface area contributed by atoms with Crippen molar-refractivity contribution in [3.63, 3.8) is 0 Å². The molecule has 7 aromatic rings. The zero-order valence-electron chi connectivity index (χ0n) is 30.9. The van der Waals surface area contributed by atoms with Gasteiger partial charge in [-0.3, -0.25) is 4.79 Å². The number of pyridine rings is 1. The second-order valence-corrected chi connectivity index (χ2v) is 14.4. The molecule has 0 amide bonds. The van der Waals surface area contributed by atoms with E-state index in [1.54, 1.807) is 0 Å². The summed E-state index contributed by atoms with van der Waals surface area (Å²) in [6.07, 6.45) is -3.27. The minimum atomic E-state index is -7.22. The molecule has 0 saturated heterocycles. The van der Waals surface area contributed by atoms with Crippen molar-refractivity contribution in [3.05, 3.63) is 193 Å². The number of ketones is 1. The Kier molecular flexibility index (Phi) is 13.2. The Labute approximate surface area is 357 Å². The number of aromatic nitrogens is 1. The number of hydrogen-bond acceptors (Lipinski definition) is 1. The largest absolute Gasteiger partial charge is 0.287 e. The van der Waals surface area contributed by atoms with Gasteiger partial charge in [0.25, 0.3) is 0 Å². The lowest BCUT2D eigenvalue weighted by molar-refractivity contribution is -0.681. The van der Waals surface area contributed by atoms with Crippen molar-refractivity contribution in [2.75, 3.05) is 0 Å². The van der Waals surface area contributed by atoms with Crippen molar-refractivity contribution in [1.29, 1.82) is 0 Å². The molecule has 6 aromatic carbocycles. The second-order valence-electron chi connectivity index (χ2n) is 13.5. The van der Waals surface area contributed by atoms with Crippen LogP contribution in [0, 0.1) is 116 Å². The van der Waals surface area contributed by atoms with Crippen molar-refractivity contribution in [2.24, 2.45) is 0 Å². The SMILES string of the molecule is Fc1c(F)c(F)c([B-](c2c(F)c(F)c(F)c(F)c2F)(c2c(F)c(F)c(F)c(F)c2F)c2c(F)c(F)c(F)c(F)c2F)c(F)c1F.O=C(C[n+]1ccc2cc(Br)ccc2c1)c1ccccc1. The van der Waals surface area contributed by atoms with Gasteiger partial charge >= 0.3 is 0 Å². The van der Waals surface area contributed by atoms with Gasteiger partial charge < -0.3 is 0 Å². The third-order valence-electron chi connectivity index (χ3n) is 9.93. The number of nitrogens with zero attached hydrogens (tertiary/aromatic N) is 1. The standard InChI is InChI=1S/C24BF20.C17H13BrNO/c26-5-1(6(27)14(35)21(42)13(5)34)25(2-7(28)15(36)22(43)16(37)8(2)29,3-9(30)17(38)23(44)18(39)10(3)31)4-11(32)19(40)24(45)20(41)12(4)33;18-16-7-6-15-11-19(9-8-14(15)10-16)12-17(20)13-4-2-1-3-5-13/h;1-11H,12H2/q-1;+1. The van der Waals surface area contributed by atoms with Crippen LogP contribution in [-0.2, 0) is 6.54 Å². The fourth-order valence-electron chi connectivity index (χ4n) is 7.06. The van der Waals surface area contributed by atoms with Crippen molar-refractivity contribution >= 4 is 60.5 Å². The summed E-state index contributed by atoms with van der Waals surface area (Å²) in [6, 6.07) is 17.5. The molecule has 1 aromatic heterocycles. The Bertz CT molecular complexity index is 2730. The summed E-state index contributed by atoms with van der Waals surface area (Å²) >= 11 is 3.46. The van der Waals surface area contributed by atoms with Crippen LogP contribution in [-0.4, -0.2) is 11.9 Å². The first-order valence-corrected chi connectivity index (χ1v) is 18.1. The average molecular weight is 1010 g/mol. The van der Waals surface area contributed by atoms with E-state index in [9.17, 15) is 57.5 Å². The minimum absolute atomic E-state index is 0.118. The molecule has 0 aliphatic rings. The van der Waals surface area contributed by atoms with E-state index in [1.165, 1.54) is 0 Å². The van der Waals surface area contributed by atoms with Gasteiger partial charge in [-0.25, -0.2) is 87.8 Å². The lowest BCUT2D eigenvalue weighted by Crippen LogP contribution is -2.81. The second kappa shape index (κ2) is 17.8. The van der Waals surface area contributed by atoms with E-state index in [1.807, 2.05) is 65.5 Å². The zero-order chi connectivity index (χ0) is 48.3. The molecular formula is C41H13BBrF20NO. The summed E-state index contributed by atoms with van der Waals surface area (Å²) in [7, 11) is 0. The molecular weight excluding hydrogens is 993 g/mol.